The molecule has 0 aliphatic carbocycles. The molecular weight excluding hydrogens is 561 g/mol. The molecule has 6 atom stereocenters. The van der Waals surface area contributed by atoms with E-state index in [-0.39, 0.29) is 17.0 Å². The van der Waals surface area contributed by atoms with Crippen LogP contribution in [0.5, 0.6) is 0 Å². The van der Waals surface area contributed by atoms with E-state index >= 15 is 0 Å². The average molecular weight is 579 g/mol. The summed E-state index contributed by atoms with van der Waals surface area (Å²) in [5.41, 5.74) is 5.03. The van der Waals surface area contributed by atoms with Gasteiger partial charge in [-0.3, -0.25) is 14.3 Å². The van der Waals surface area contributed by atoms with E-state index in [1.807, 2.05) is 0 Å². The summed E-state index contributed by atoms with van der Waals surface area (Å²) < 4.78 is 52.9. The molecule has 35 heavy (non-hydrogen) atoms. The summed E-state index contributed by atoms with van der Waals surface area (Å²) in [6, 6.07) is 1.37. The second-order valence-electron chi connectivity index (χ2n) is 6.91. The highest BCUT2D eigenvalue weighted by atomic mass is 35.5. The number of anilines is 1. The van der Waals surface area contributed by atoms with Crippen LogP contribution < -0.4 is 11.3 Å². The number of nitrogens with two attached hydrogens (primary N) is 1. The number of ether oxygens (including phenoxy) is 1. The molecule has 3 heterocycles. The Morgan fingerprint density at radius 1 is 1.29 bits per heavy atom. The first kappa shape index (κ1) is 28.0. The summed E-state index contributed by atoms with van der Waals surface area (Å²) >= 11 is 6.56. The molecule has 0 bridgehead atoms. The minimum atomic E-state index is -5.75. The lowest BCUT2D eigenvalue weighted by Crippen LogP contribution is -2.41. The zero-order chi connectivity index (χ0) is 26.4. The molecular formula is C14H18ClN4O13P3. The number of phosphoric ester groups is 1. The van der Waals surface area contributed by atoms with Gasteiger partial charge in [0.15, 0.2) is 16.7 Å². The predicted molar refractivity (Wildman–Crippen MR) is 117 cm³/mol. The Morgan fingerprint density at radius 3 is 2.54 bits per heavy atom. The fraction of sp³-hybridized carbons (Fsp3) is 0.429. The summed E-state index contributed by atoms with van der Waals surface area (Å²) in [6.45, 7) is 0.415. The van der Waals surface area contributed by atoms with Crippen LogP contribution in [0.15, 0.2) is 17.1 Å². The number of aliphatic hydroxyl groups is 1. The van der Waals surface area contributed by atoms with E-state index < -0.39 is 58.9 Å². The molecule has 0 amide bonds. The molecule has 17 nitrogen and oxygen atoms in total. The maximum Gasteiger partial charge on any atom is 0.490 e. The molecule has 3 unspecified atom stereocenters. The molecule has 0 saturated carbocycles. The number of nitrogens with one attached hydrogen (secondary N) is 1. The second kappa shape index (κ2) is 9.70. The number of hydrogen-bond acceptors (Lipinski definition) is 11. The first-order chi connectivity index (χ1) is 16.0. The van der Waals surface area contributed by atoms with Crippen LogP contribution in [-0.4, -0.2) is 62.9 Å². The quantitative estimate of drug-likeness (QED) is 0.122. The zero-order valence-electron chi connectivity index (χ0n) is 17.3. The molecule has 1 saturated heterocycles. The highest BCUT2D eigenvalue weighted by Gasteiger charge is 2.56. The van der Waals surface area contributed by atoms with Gasteiger partial charge < -0.3 is 39.7 Å². The van der Waals surface area contributed by atoms with E-state index in [4.69, 9.17) is 31.9 Å². The summed E-state index contributed by atoms with van der Waals surface area (Å²) in [5, 5.41) is 10.9. The SMILES string of the molecule is CC#CC1(Cl)[C@@H](O)[C@@H](COP(=O)(O)OP(=O)(O)OP(=O)(O)O)O[C@H]1n1ccc2c(=O)[nH]c(N)nc21. The number of fused-ring (bicyclic) bond motifs is 1. The normalized spacial score (nSPS) is 28.3. The number of nitrogens with zero attached hydrogens (tertiary/aromatic N) is 2. The molecule has 194 valence electrons. The minimum Gasteiger partial charge on any atom is -0.387 e. The molecule has 3 rings (SSSR count). The van der Waals surface area contributed by atoms with Gasteiger partial charge in [-0.05, 0) is 13.0 Å². The van der Waals surface area contributed by atoms with Crippen molar-refractivity contribution in [2.45, 2.75) is 30.2 Å². The Bertz CT molecular complexity index is 1400. The number of aromatic amines is 1. The van der Waals surface area contributed by atoms with Crippen molar-refractivity contribution in [1.29, 1.82) is 0 Å². The van der Waals surface area contributed by atoms with Gasteiger partial charge in [0.2, 0.25) is 5.95 Å². The number of hydrogen-bond donors (Lipinski definition) is 7. The topological polar surface area (TPSA) is 266 Å². The van der Waals surface area contributed by atoms with Crippen molar-refractivity contribution in [2.75, 3.05) is 12.3 Å². The van der Waals surface area contributed by atoms with Crippen LogP contribution in [0, 0.1) is 11.8 Å². The largest absolute Gasteiger partial charge is 0.490 e. The summed E-state index contributed by atoms with van der Waals surface area (Å²) in [7, 11) is -16.8. The number of phosphoric acid groups is 3. The van der Waals surface area contributed by atoms with E-state index in [9.17, 15) is 33.4 Å². The van der Waals surface area contributed by atoms with Crippen LogP contribution in [-0.2, 0) is 31.6 Å². The zero-order valence-corrected chi connectivity index (χ0v) is 20.7. The van der Waals surface area contributed by atoms with Crippen LogP contribution in [0.3, 0.4) is 0 Å². The first-order valence-corrected chi connectivity index (χ1v) is 14.0. The number of H-pyrrole nitrogens is 1. The number of aromatic nitrogens is 3. The highest BCUT2D eigenvalue weighted by molar-refractivity contribution is 7.66. The Balaban J connectivity index is 1.87. The van der Waals surface area contributed by atoms with Crippen molar-refractivity contribution in [3.05, 3.63) is 22.6 Å². The van der Waals surface area contributed by atoms with E-state index in [1.54, 1.807) is 0 Å². The smallest absolute Gasteiger partial charge is 0.387 e. The lowest BCUT2D eigenvalue weighted by Gasteiger charge is -2.26. The van der Waals surface area contributed by atoms with Gasteiger partial charge >= 0.3 is 23.5 Å². The molecule has 1 aliphatic heterocycles. The van der Waals surface area contributed by atoms with Crippen molar-refractivity contribution in [1.82, 2.24) is 14.5 Å². The molecule has 0 spiro atoms. The van der Waals surface area contributed by atoms with Crippen LogP contribution in [0.1, 0.15) is 13.2 Å². The summed E-state index contributed by atoms with van der Waals surface area (Å²) in [6.07, 6.45) is -3.24. The van der Waals surface area contributed by atoms with Crippen LogP contribution in [0.4, 0.5) is 5.95 Å². The van der Waals surface area contributed by atoms with E-state index in [0.29, 0.717) is 0 Å². The van der Waals surface area contributed by atoms with E-state index in [0.717, 1.165) is 0 Å². The van der Waals surface area contributed by atoms with Crippen molar-refractivity contribution >= 4 is 52.1 Å². The van der Waals surface area contributed by atoms with E-state index in [2.05, 4.69) is 35.0 Å². The third kappa shape index (κ3) is 6.22. The van der Waals surface area contributed by atoms with Crippen molar-refractivity contribution < 1.29 is 56.3 Å². The third-order valence-corrected chi connectivity index (χ3v) is 8.74. The fourth-order valence-corrected chi connectivity index (χ4v) is 6.62. The fourth-order valence-electron chi connectivity index (χ4n) is 3.20. The van der Waals surface area contributed by atoms with Gasteiger partial charge in [-0.25, -0.2) is 13.7 Å². The molecule has 0 radical (unpaired) electrons. The van der Waals surface area contributed by atoms with Crippen molar-refractivity contribution in [2.24, 2.45) is 0 Å². The highest BCUT2D eigenvalue weighted by Crippen LogP contribution is 2.66. The Morgan fingerprint density at radius 2 is 1.94 bits per heavy atom. The average Bonchev–Trinajstić information content (AvgIpc) is 3.17. The Kier molecular flexibility index (Phi) is 7.75. The number of nitrogen functional groups attached to an aromatic ring is 1. The van der Waals surface area contributed by atoms with Crippen LogP contribution in [0.25, 0.3) is 11.0 Å². The van der Waals surface area contributed by atoms with Gasteiger partial charge in [-0.1, -0.05) is 17.5 Å². The van der Waals surface area contributed by atoms with Gasteiger partial charge in [0.1, 0.15) is 12.2 Å². The molecule has 2 aromatic rings. The van der Waals surface area contributed by atoms with Crippen molar-refractivity contribution in [3.8, 4) is 11.8 Å². The molecule has 1 aliphatic rings. The molecule has 0 aromatic carbocycles. The van der Waals surface area contributed by atoms with Gasteiger partial charge in [0.25, 0.3) is 5.56 Å². The first-order valence-electron chi connectivity index (χ1n) is 9.09. The molecule has 2 aromatic heterocycles. The second-order valence-corrected chi connectivity index (χ2v) is 12.0. The molecule has 21 heteroatoms. The van der Waals surface area contributed by atoms with Gasteiger partial charge in [0.05, 0.1) is 12.0 Å². The van der Waals surface area contributed by atoms with Crippen LogP contribution in [0.2, 0.25) is 0 Å². The monoisotopic (exact) mass is 578 g/mol. The van der Waals surface area contributed by atoms with Gasteiger partial charge in [0, 0.05) is 6.20 Å². The maximum absolute atomic E-state index is 12.1. The maximum atomic E-state index is 12.1. The number of alkyl halides is 1. The lowest BCUT2D eigenvalue weighted by atomic mass is 9.99. The Labute approximate surface area is 200 Å². The summed E-state index contributed by atoms with van der Waals surface area (Å²) in [5.74, 6) is 4.84. The number of rotatable bonds is 8. The minimum absolute atomic E-state index is 0.0138. The van der Waals surface area contributed by atoms with E-state index in [1.165, 1.54) is 23.8 Å². The Hall–Kier alpha value is -1.60. The standard InChI is InChI=1S/C14H18ClN4O13P3/c1-2-4-14(15)9(20)8(6-29-34(25,26)32-35(27,28)31-33(22,23)24)30-12(14)19-5-3-7-10(19)17-13(16)18-11(7)21/h3,5,8-9,12,20H,6H2,1H3,(H,25,26)(H,27,28)(H2,22,23,24)(H3,16,17,18,21)/t8-,9+,12-,14?/m1/s1. The van der Waals surface area contributed by atoms with Crippen molar-refractivity contribution in [3.63, 3.8) is 0 Å². The lowest BCUT2D eigenvalue weighted by molar-refractivity contribution is -0.0426. The number of halogens is 1. The van der Waals surface area contributed by atoms with Crippen LogP contribution >= 0.6 is 35.1 Å². The third-order valence-electron chi connectivity index (χ3n) is 4.43. The molecule has 8 N–H and O–H groups in total. The van der Waals surface area contributed by atoms with Gasteiger partial charge in [-0.2, -0.15) is 13.6 Å². The molecule has 1 fully saturated rings. The summed E-state index contributed by atoms with van der Waals surface area (Å²) in [4.78, 5) is 52.6. The predicted octanol–water partition coefficient (Wildman–Crippen LogP) is -0.0907. The number of aliphatic hydroxyl groups excluding tert-OH is 1. The van der Waals surface area contributed by atoms with Gasteiger partial charge in [-0.15, -0.1) is 5.92 Å².